The Bertz CT molecular complexity index is 695. The van der Waals surface area contributed by atoms with Gasteiger partial charge in [0.2, 0.25) is 0 Å². The Morgan fingerprint density at radius 2 is 1.45 bits per heavy atom. The van der Waals surface area contributed by atoms with Crippen molar-refractivity contribution in [2.75, 3.05) is 13.2 Å². The molecule has 3 heteroatoms. The van der Waals surface area contributed by atoms with Crippen LogP contribution in [0.2, 0.25) is 0 Å². The minimum atomic E-state index is -0.166. The molecule has 0 heterocycles. The average Bonchev–Trinajstić information content (AvgIpc) is 2.73. The van der Waals surface area contributed by atoms with Gasteiger partial charge >= 0.3 is 0 Å². The zero-order valence-corrected chi connectivity index (χ0v) is 20.2. The molecule has 0 aliphatic heterocycles. The predicted molar refractivity (Wildman–Crippen MR) is 133 cm³/mol. The quantitative estimate of drug-likeness (QED) is 0.397. The molecule has 0 spiro atoms. The SMILES string of the molecule is C=CCN[C@@H](COC(C)(C)C)[C@H](CC(C)C)N(Cc1ccccc1)Cc1ccccc1. The summed E-state index contributed by atoms with van der Waals surface area (Å²) in [5.41, 5.74) is 2.51. The lowest BCUT2D eigenvalue weighted by Gasteiger charge is -2.39. The largest absolute Gasteiger partial charge is 0.374 e. The highest BCUT2D eigenvalue weighted by Crippen LogP contribution is 2.22. The summed E-state index contributed by atoms with van der Waals surface area (Å²) in [4.78, 5) is 2.62. The Hall–Kier alpha value is -1.94. The highest BCUT2D eigenvalue weighted by molar-refractivity contribution is 5.17. The normalized spacial score (nSPS) is 14.0. The van der Waals surface area contributed by atoms with E-state index in [4.69, 9.17) is 4.74 Å². The third-order valence-electron chi connectivity index (χ3n) is 5.32. The van der Waals surface area contributed by atoms with Gasteiger partial charge in [0, 0.05) is 31.7 Å². The lowest BCUT2D eigenvalue weighted by atomic mass is 9.94. The van der Waals surface area contributed by atoms with Crippen molar-refractivity contribution in [3.05, 3.63) is 84.4 Å². The highest BCUT2D eigenvalue weighted by Gasteiger charge is 2.29. The monoisotopic (exact) mass is 422 g/mol. The number of hydrogen-bond acceptors (Lipinski definition) is 3. The summed E-state index contributed by atoms with van der Waals surface area (Å²) in [6, 6.07) is 22.1. The molecule has 0 aliphatic rings. The molecule has 0 aliphatic carbocycles. The fourth-order valence-electron chi connectivity index (χ4n) is 3.86. The molecular weight excluding hydrogens is 380 g/mol. The van der Waals surface area contributed by atoms with Crippen molar-refractivity contribution in [2.45, 2.75) is 71.8 Å². The van der Waals surface area contributed by atoms with E-state index in [2.05, 4.69) is 112 Å². The van der Waals surface area contributed by atoms with Gasteiger partial charge in [-0.05, 0) is 44.2 Å². The van der Waals surface area contributed by atoms with Gasteiger partial charge in [0.1, 0.15) is 0 Å². The molecule has 3 nitrogen and oxygen atoms in total. The number of rotatable bonds is 13. The Morgan fingerprint density at radius 1 is 0.935 bits per heavy atom. The third-order valence-corrected chi connectivity index (χ3v) is 5.32. The van der Waals surface area contributed by atoms with Gasteiger partial charge < -0.3 is 10.1 Å². The second-order valence-corrected chi connectivity index (χ2v) is 9.80. The van der Waals surface area contributed by atoms with Crippen molar-refractivity contribution in [3.8, 4) is 0 Å². The molecule has 1 N–H and O–H groups in total. The van der Waals surface area contributed by atoms with E-state index in [-0.39, 0.29) is 11.6 Å². The van der Waals surface area contributed by atoms with Crippen LogP contribution in [0, 0.1) is 5.92 Å². The van der Waals surface area contributed by atoms with Crippen molar-refractivity contribution in [1.82, 2.24) is 10.2 Å². The van der Waals surface area contributed by atoms with Crippen LogP contribution in [-0.4, -0.2) is 35.7 Å². The van der Waals surface area contributed by atoms with Crippen LogP contribution in [0.25, 0.3) is 0 Å². The van der Waals surface area contributed by atoms with Crippen LogP contribution in [0.4, 0.5) is 0 Å². The first-order valence-electron chi connectivity index (χ1n) is 11.6. The fourth-order valence-corrected chi connectivity index (χ4v) is 3.86. The predicted octanol–water partition coefficient (Wildman–Crippen LogP) is 6.06. The smallest absolute Gasteiger partial charge is 0.0642 e. The average molecular weight is 423 g/mol. The van der Waals surface area contributed by atoms with E-state index < -0.39 is 0 Å². The van der Waals surface area contributed by atoms with Crippen molar-refractivity contribution in [1.29, 1.82) is 0 Å². The summed E-state index contributed by atoms with van der Waals surface area (Å²) in [6.07, 6.45) is 3.04. The second-order valence-electron chi connectivity index (χ2n) is 9.80. The molecule has 0 fully saturated rings. The summed E-state index contributed by atoms with van der Waals surface area (Å²) in [7, 11) is 0. The van der Waals surface area contributed by atoms with Gasteiger partial charge in [0.05, 0.1) is 12.2 Å². The maximum Gasteiger partial charge on any atom is 0.0642 e. The van der Waals surface area contributed by atoms with Gasteiger partial charge in [-0.2, -0.15) is 0 Å². The van der Waals surface area contributed by atoms with E-state index in [0.717, 1.165) is 26.1 Å². The van der Waals surface area contributed by atoms with Gasteiger partial charge in [-0.1, -0.05) is 80.6 Å². The maximum atomic E-state index is 6.28. The van der Waals surface area contributed by atoms with Gasteiger partial charge in [-0.15, -0.1) is 6.58 Å². The minimum Gasteiger partial charge on any atom is -0.374 e. The molecule has 0 amide bonds. The van der Waals surface area contributed by atoms with Crippen molar-refractivity contribution < 1.29 is 4.74 Å². The molecule has 31 heavy (non-hydrogen) atoms. The molecule has 2 aromatic carbocycles. The van der Waals surface area contributed by atoms with Crippen LogP contribution >= 0.6 is 0 Å². The summed E-state index contributed by atoms with van der Waals surface area (Å²) in [5, 5.41) is 3.71. The van der Waals surface area contributed by atoms with Crippen molar-refractivity contribution in [2.24, 2.45) is 5.92 Å². The molecule has 2 rings (SSSR count). The number of benzene rings is 2. The number of nitrogens with one attached hydrogen (secondary N) is 1. The zero-order valence-electron chi connectivity index (χ0n) is 20.2. The molecular formula is C28H42N2O. The van der Waals surface area contributed by atoms with Crippen LogP contribution < -0.4 is 5.32 Å². The first-order chi connectivity index (χ1) is 14.8. The summed E-state index contributed by atoms with van der Waals surface area (Å²) >= 11 is 0. The highest BCUT2D eigenvalue weighted by atomic mass is 16.5. The lowest BCUT2D eigenvalue weighted by molar-refractivity contribution is -0.0314. The summed E-state index contributed by atoms with van der Waals surface area (Å²) in [6.45, 7) is 18.2. The molecule has 2 aromatic rings. The van der Waals surface area contributed by atoms with Crippen LogP contribution in [0.15, 0.2) is 73.3 Å². The summed E-state index contributed by atoms with van der Waals surface area (Å²) in [5.74, 6) is 0.585. The first kappa shape index (κ1) is 25.3. The van der Waals surface area contributed by atoms with Gasteiger partial charge in [-0.3, -0.25) is 4.90 Å². The molecule has 0 bridgehead atoms. The van der Waals surface area contributed by atoms with Gasteiger partial charge in [-0.25, -0.2) is 0 Å². The van der Waals surface area contributed by atoms with E-state index in [9.17, 15) is 0 Å². The molecule has 0 saturated carbocycles. The Kier molecular flexibility index (Phi) is 10.5. The second kappa shape index (κ2) is 12.8. The van der Waals surface area contributed by atoms with E-state index in [0.29, 0.717) is 18.6 Å². The molecule has 0 aromatic heterocycles. The van der Waals surface area contributed by atoms with E-state index in [1.54, 1.807) is 0 Å². The molecule has 0 radical (unpaired) electrons. The number of hydrogen-bond donors (Lipinski definition) is 1. The van der Waals surface area contributed by atoms with Crippen molar-refractivity contribution in [3.63, 3.8) is 0 Å². The fraction of sp³-hybridized carbons (Fsp3) is 0.500. The minimum absolute atomic E-state index is 0.166. The molecule has 0 saturated heterocycles. The van der Waals surface area contributed by atoms with E-state index in [1.807, 2.05) is 6.08 Å². The van der Waals surface area contributed by atoms with Crippen LogP contribution in [0.1, 0.15) is 52.2 Å². The lowest BCUT2D eigenvalue weighted by Crippen LogP contribution is -2.53. The van der Waals surface area contributed by atoms with E-state index in [1.165, 1.54) is 11.1 Å². The first-order valence-corrected chi connectivity index (χ1v) is 11.6. The topological polar surface area (TPSA) is 24.5 Å². The number of nitrogens with zero attached hydrogens (tertiary/aromatic N) is 1. The van der Waals surface area contributed by atoms with E-state index >= 15 is 0 Å². The summed E-state index contributed by atoms with van der Waals surface area (Å²) < 4.78 is 6.28. The van der Waals surface area contributed by atoms with Crippen molar-refractivity contribution >= 4 is 0 Å². The van der Waals surface area contributed by atoms with Crippen LogP contribution in [-0.2, 0) is 17.8 Å². The van der Waals surface area contributed by atoms with Gasteiger partial charge in [0.15, 0.2) is 0 Å². The maximum absolute atomic E-state index is 6.28. The zero-order chi connectivity index (χ0) is 22.7. The van der Waals surface area contributed by atoms with Crippen LogP contribution in [0.3, 0.4) is 0 Å². The standard InChI is InChI=1S/C28H42N2O/c1-7-18-29-26(22-31-28(4,5)6)27(19-23(2)3)30(20-24-14-10-8-11-15-24)21-25-16-12-9-13-17-25/h7-17,23,26-27,29H,1,18-22H2,2-6H3/t26-,27-/m0/s1. The Labute approximate surface area is 190 Å². The molecule has 170 valence electrons. The third kappa shape index (κ3) is 9.82. The molecule has 2 atom stereocenters. The Balaban J connectivity index is 2.35. The Morgan fingerprint density at radius 3 is 1.87 bits per heavy atom. The van der Waals surface area contributed by atoms with Crippen LogP contribution in [0.5, 0.6) is 0 Å². The number of ether oxygens (including phenoxy) is 1. The molecule has 0 unspecified atom stereocenters. The van der Waals surface area contributed by atoms with Gasteiger partial charge in [0.25, 0.3) is 0 Å².